The van der Waals surface area contributed by atoms with Crippen LogP contribution in [-0.4, -0.2) is 71.2 Å². The number of allylic oxidation sites excluding steroid dienone is 1. The Hall–Kier alpha value is -2.37. The third-order valence-electron chi connectivity index (χ3n) is 9.49. The lowest BCUT2D eigenvalue weighted by molar-refractivity contribution is -0.929. The molecule has 0 aromatic heterocycles. The monoisotopic (exact) mass is 851 g/mol. The third-order valence-corrected chi connectivity index (χ3v) is 12.2. The molecular weight excluding hydrogens is 785 g/mol. The predicted octanol–water partition coefficient (Wildman–Crippen LogP) is 11.9. The highest BCUT2D eigenvalue weighted by Crippen LogP contribution is 2.36. The Morgan fingerprint density at radius 1 is 0.696 bits per heavy atom. The number of halogens is 6. The molecule has 1 aromatic rings. The second-order valence-electron chi connectivity index (χ2n) is 15.0. The molecule has 0 fully saturated rings. The fraction of sp³-hybridized carbons (Fsp3) is 0.769. The Balaban J connectivity index is 0.00000169. The van der Waals surface area contributed by atoms with Crippen LogP contribution in [0.2, 0.25) is 0 Å². The zero-order valence-electron chi connectivity index (χ0n) is 34.3. The number of benzene rings is 1. The summed E-state index contributed by atoms with van der Waals surface area (Å²) in [5.74, 6) is 0. The first-order valence-corrected chi connectivity index (χ1v) is 22.7. The van der Waals surface area contributed by atoms with E-state index < -0.39 is 36.6 Å². The van der Waals surface area contributed by atoms with Crippen LogP contribution in [0.25, 0.3) is 9.70 Å². The molecule has 0 aliphatic rings. The van der Waals surface area contributed by atoms with E-state index in [0.29, 0.717) is 6.61 Å². The molecule has 9 nitrogen and oxygen atoms in total. The van der Waals surface area contributed by atoms with E-state index in [0.717, 1.165) is 33.7 Å². The van der Waals surface area contributed by atoms with Crippen molar-refractivity contribution < 1.29 is 57.2 Å². The molecule has 0 unspecified atom stereocenters. The van der Waals surface area contributed by atoms with E-state index in [4.69, 9.17) is 4.74 Å². The summed E-state index contributed by atoms with van der Waals surface area (Å²) in [6.45, 7) is 22.9. The van der Waals surface area contributed by atoms with Crippen molar-refractivity contribution in [2.45, 2.75) is 161 Å². The summed E-state index contributed by atoms with van der Waals surface area (Å²) in [6.07, 6.45) is 20.6. The van der Waals surface area contributed by atoms with Crippen molar-refractivity contribution in [3.63, 3.8) is 0 Å². The number of unbranched alkanes of at least 4 members (excludes halogenated alkanes) is 12. The van der Waals surface area contributed by atoms with Crippen LogP contribution in [0.5, 0.6) is 0 Å². The first-order chi connectivity index (χ1) is 25.9. The van der Waals surface area contributed by atoms with Crippen LogP contribution < -0.4 is 5.32 Å². The number of nitrogens with one attached hydrogen (secondary N) is 1. The summed E-state index contributed by atoms with van der Waals surface area (Å²) in [5.41, 5.74) is -9.75. The lowest BCUT2D eigenvalue weighted by Crippen LogP contribution is -2.50. The maximum absolute atomic E-state index is 12.6. The summed E-state index contributed by atoms with van der Waals surface area (Å²) in [6, 6.07) is 8.21. The van der Waals surface area contributed by atoms with Gasteiger partial charge in [-0.15, -0.1) is 0 Å². The smallest absolute Gasteiger partial charge is 0.450 e. The van der Waals surface area contributed by atoms with E-state index in [2.05, 4.69) is 44.8 Å². The number of carbonyl (C=O) groups excluding carboxylic acids is 1. The zero-order chi connectivity index (χ0) is 43.1. The number of sulfonamides is 2. The molecule has 56 heavy (non-hydrogen) atoms. The van der Waals surface area contributed by atoms with Crippen LogP contribution in [0.15, 0.2) is 30.8 Å². The number of hydrogen-bond acceptors (Lipinski definition) is 6. The van der Waals surface area contributed by atoms with E-state index in [1.54, 1.807) is 0 Å². The fourth-order valence-corrected chi connectivity index (χ4v) is 7.82. The first kappa shape index (κ1) is 53.6. The molecule has 0 saturated heterocycles. The Bertz CT molecular complexity index is 1430. The normalized spacial score (nSPS) is 12.9. The minimum Gasteiger partial charge on any atom is -0.450 e. The highest BCUT2D eigenvalue weighted by molar-refractivity contribution is 8.13. The van der Waals surface area contributed by atoms with Gasteiger partial charge in [-0.2, -0.15) is 26.3 Å². The SMILES string of the molecule is C=C(C)c1cccc(C(C)(C)NC(=O)OCCCCCC[N+](CCCCCC)(CCCCCC)CCCCCC)c1.O=S(=O)([N-]S(=O)(=O)C(F)(F)F)C(F)(F)F. The molecule has 0 bridgehead atoms. The minimum absolute atomic E-state index is 0.336. The number of ether oxygens (including phenoxy) is 1. The standard InChI is InChI=1S/C37H66N2O2.C2F6NO4S2/c1-8-11-14-19-27-39(28-20-15-12-9-2,29-21-16-13-10-3)30-22-17-18-23-31-41-36(40)38-37(6,7)35-26-24-25-34(32-35)33(4)5;3-1(4,5)14(10,11)9-15(12,13)2(6,7)8/h24-26,32H,4,8-23,27-31H2,1-3,5-7H3;/q;-1/p+1. The molecule has 0 heterocycles. The van der Waals surface area contributed by atoms with E-state index in [-0.39, 0.29) is 6.09 Å². The maximum Gasteiger partial charge on any atom is 0.480 e. The molecule has 1 aromatic carbocycles. The van der Waals surface area contributed by atoms with Gasteiger partial charge in [0.15, 0.2) is 20.0 Å². The highest BCUT2D eigenvalue weighted by atomic mass is 32.3. The fourth-order valence-electron chi connectivity index (χ4n) is 6.11. The molecule has 0 aliphatic carbocycles. The van der Waals surface area contributed by atoms with E-state index in [1.807, 2.05) is 32.9 Å². The number of alkyl carbamates (subject to hydrolysis) is 1. The summed E-state index contributed by atoms with van der Waals surface area (Å²) in [7, 11) is -13.4. The second kappa shape index (κ2) is 25.9. The molecule has 0 spiro atoms. The second-order valence-corrected chi connectivity index (χ2v) is 18.4. The van der Waals surface area contributed by atoms with Crippen molar-refractivity contribution in [2.24, 2.45) is 0 Å². The van der Waals surface area contributed by atoms with Crippen LogP contribution in [-0.2, 0) is 30.3 Å². The number of alkyl halides is 6. The van der Waals surface area contributed by atoms with Crippen molar-refractivity contribution in [2.75, 3.05) is 32.8 Å². The molecule has 328 valence electrons. The average Bonchev–Trinajstić information content (AvgIpc) is 3.08. The quantitative estimate of drug-likeness (QED) is 0.0534. The Morgan fingerprint density at radius 2 is 1.09 bits per heavy atom. The van der Waals surface area contributed by atoms with Crippen LogP contribution in [0, 0.1) is 0 Å². The van der Waals surface area contributed by atoms with E-state index in [1.165, 1.54) is 121 Å². The molecule has 1 N–H and O–H groups in total. The first-order valence-electron chi connectivity index (χ1n) is 19.8. The molecule has 0 atom stereocenters. The van der Waals surface area contributed by atoms with Gasteiger partial charge < -0.3 is 18.7 Å². The third kappa shape index (κ3) is 21.4. The van der Waals surface area contributed by atoms with Gasteiger partial charge in [0.25, 0.3) is 0 Å². The number of carbonyl (C=O) groups is 1. The van der Waals surface area contributed by atoms with Gasteiger partial charge in [-0.05, 0) is 102 Å². The highest BCUT2D eigenvalue weighted by Gasteiger charge is 2.47. The van der Waals surface area contributed by atoms with Crippen LogP contribution in [0.3, 0.4) is 0 Å². The lowest BCUT2D eigenvalue weighted by atomic mass is 9.92. The molecule has 0 saturated carbocycles. The van der Waals surface area contributed by atoms with Gasteiger partial charge >= 0.3 is 17.1 Å². The number of nitrogens with zero attached hydrogens (tertiary/aromatic N) is 2. The van der Waals surface area contributed by atoms with Gasteiger partial charge in [0.05, 0.1) is 38.3 Å². The van der Waals surface area contributed by atoms with E-state index >= 15 is 0 Å². The summed E-state index contributed by atoms with van der Waals surface area (Å²) in [5, 5.41) is 3.05. The topological polar surface area (TPSA) is 121 Å². The Kier molecular flexibility index (Phi) is 24.8. The Morgan fingerprint density at radius 3 is 1.46 bits per heavy atom. The molecule has 1 rings (SSSR count). The van der Waals surface area contributed by atoms with Crippen molar-refractivity contribution in [3.8, 4) is 0 Å². The number of amides is 1. The van der Waals surface area contributed by atoms with Crippen molar-refractivity contribution in [1.82, 2.24) is 5.32 Å². The van der Waals surface area contributed by atoms with Gasteiger partial charge in [0.1, 0.15) is 0 Å². The van der Waals surface area contributed by atoms with E-state index in [9.17, 15) is 48.0 Å². The maximum atomic E-state index is 12.6. The molecular formula is C39H67F6N3O6S2. The van der Waals surface area contributed by atoms with Crippen LogP contribution in [0.1, 0.15) is 155 Å². The summed E-state index contributed by atoms with van der Waals surface area (Å²) < 4.78 is 116. The summed E-state index contributed by atoms with van der Waals surface area (Å²) in [4.78, 5) is 12.6. The largest absolute Gasteiger partial charge is 0.480 e. The number of hydrogen-bond donors (Lipinski definition) is 1. The number of rotatable bonds is 27. The average molecular weight is 852 g/mol. The van der Waals surface area contributed by atoms with Gasteiger partial charge in [0.2, 0.25) is 0 Å². The van der Waals surface area contributed by atoms with Gasteiger partial charge in [-0.1, -0.05) is 89.6 Å². The van der Waals surface area contributed by atoms with Crippen molar-refractivity contribution in [3.05, 3.63) is 46.1 Å². The van der Waals surface area contributed by atoms with Crippen LogP contribution in [0.4, 0.5) is 31.1 Å². The van der Waals surface area contributed by atoms with Crippen molar-refractivity contribution >= 4 is 31.7 Å². The Labute approximate surface area is 333 Å². The molecule has 1 amide bonds. The zero-order valence-corrected chi connectivity index (χ0v) is 35.9. The van der Waals surface area contributed by atoms with Gasteiger partial charge in [-0.3, -0.25) is 0 Å². The molecule has 0 radical (unpaired) electrons. The predicted molar refractivity (Wildman–Crippen MR) is 213 cm³/mol. The number of quaternary nitrogens is 1. The van der Waals surface area contributed by atoms with Gasteiger partial charge in [-0.25, -0.2) is 21.6 Å². The molecule has 17 heteroatoms. The summed E-state index contributed by atoms with van der Waals surface area (Å²) >= 11 is 0. The lowest BCUT2D eigenvalue weighted by Gasteiger charge is -2.39. The van der Waals surface area contributed by atoms with Crippen LogP contribution >= 0.6 is 0 Å². The van der Waals surface area contributed by atoms with Gasteiger partial charge in [0, 0.05) is 0 Å². The van der Waals surface area contributed by atoms with Crippen molar-refractivity contribution in [1.29, 1.82) is 0 Å². The molecule has 0 aliphatic heterocycles. The minimum atomic E-state index is -6.72.